The van der Waals surface area contributed by atoms with Gasteiger partial charge in [-0.15, -0.1) is 12.4 Å². The van der Waals surface area contributed by atoms with E-state index >= 15 is 0 Å². The van der Waals surface area contributed by atoms with Crippen molar-refractivity contribution in [2.24, 2.45) is 0 Å². The summed E-state index contributed by atoms with van der Waals surface area (Å²) < 4.78 is 0. The van der Waals surface area contributed by atoms with Crippen LogP contribution in [-0.4, -0.2) is 37.0 Å². The first-order chi connectivity index (χ1) is 6.27. The summed E-state index contributed by atoms with van der Waals surface area (Å²) in [5, 5.41) is 3.16. The van der Waals surface area contributed by atoms with E-state index in [1.54, 1.807) is 0 Å². The van der Waals surface area contributed by atoms with Gasteiger partial charge in [-0.25, -0.2) is 0 Å². The predicted octanol–water partition coefficient (Wildman–Crippen LogP) is 0.949. The third-order valence-corrected chi connectivity index (χ3v) is 2.98. The van der Waals surface area contributed by atoms with E-state index in [-0.39, 0.29) is 18.3 Å². The number of amides is 1. The summed E-state index contributed by atoms with van der Waals surface area (Å²) in [6.07, 6.45) is 5.33. The third kappa shape index (κ3) is 2.28. The Balaban J connectivity index is 0.000000980. The van der Waals surface area contributed by atoms with Crippen molar-refractivity contribution < 1.29 is 4.79 Å². The molecule has 1 aliphatic heterocycles. The van der Waals surface area contributed by atoms with Crippen molar-refractivity contribution in [1.29, 1.82) is 0 Å². The number of rotatable bonds is 2. The van der Waals surface area contributed by atoms with Crippen LogP contribution in [0.5, 0.6) is 0 Å². The van der Waals surface area contributed by atoms with E-state index in [1.165, 1.54) is 12.0 Å². The first kappa shape index (κ1) is 11.5. The molecule has 1 saturated heterocycles. The maximum Gasteiger partial charge on any atom is 0.246 e. The first-order valence-corrected chi connectivity index (χ1v) is 4.94. The van der Waals surface area contributed by atoms with Crippen molar-refractivity contribution in [2.45, 2.75) is 25.3 Å². The molecule has 0 aromatic rings. The molecule has 14 heavy (non-hydrogen) atoms. The van der Waals surface area contributed by atoms with E-state index in [2.05, 4.69) is 5.32 Å². The SMILES string of the molecule is CN(C(=O)C=C1CCC1)C1CNC1.Cl. The lowest BCUT2D eigenvalue weighted by molar-refractivity contribution is -0.127. The van der Waals surface area contributed by atoms with Crippen molar-refractivity contribution in [1.82, 2.24) is 10.2 Å². The molecule has 4 heteroatoms. The molecule has 0 unspecified atom stereocenters. The maximum atomic E-state index is 11.6. The molecule has 0 bridgehead atoms. The van der Waals surface area contributed by atoms with Crippen LogP contribution in [0.3, 0.4) is 0 Å². The number of allylic oxidation sites excluding steroid dienone is 1. The average molecular weight is 217 g/mol. The summed E-state index contributed by atoms with van der Waals surface area (Å²) in [5.74, 6) is 0.182. The number of hydrogen-bond acceptors (Lipinski definition) is 2. The molecule has 1 saturated carbocycles. The fraction of sp³-hybridized carbons (Fsp3) is 0.700. The molecule has 1 heterocycles. The van der Waals surface area contributed by atoms with Crippen molar-refractivity contribution in [2.75, 3.05) is 20.1 Å². The van der Waals surface area contributed by atoms with E-state index in [0.29, 0.717) is 6.04 Å². The van der Waals surface area contributed by atoms with Crippen molar-refractivity contribution in [3.8, 4) is 0 Å². The van der Waals surface area contributed by atoms with Gasteiger partial charge in [0.2, 0.25) is 5.91 Å². The van der Waals surface area contributed by atoms with Gasteiger partial charge in [-0.3, -0.25) is 4.79 Å². The molecular formula is C10H17ClN2O. The van der Waals surface area contributed by atoms with Crippen LogP contribution in [0.4, 0.5) is 0 Å². The zero-order valence-electron chi connectivity index (χ0n) is 8.45. The minimum Gasteiger partial charge on any atom is -0.337 e. The minimum atomic E-state index is 0. The van der Waals surface area contributed by atoms with Crippen LogP contribution >= 0.6 is 12.4 Å². The topological polar surface area (TPSA) is 32.3 Å². The predicted molar refractivity (Wildman–Crippen MR) is 58.6 cm³/mol. The number of hydrogen-bond donors (Lipinski definition) is 1. The van der Waals surface area contributed by atoms with Crippen molar-refractivity contribution in [3.63, 3.8) is 0 Å². The molecule has 1 aliphatic carbocycles. The lowest BCUT2D eigenvalue weighted by atomic mass is 9.92. The van der Waals surface area contributed by atoms with Crippen molar-refractivity contribution >= 4 is 18.3 Å². The average Bonchev–Trinajstić information content (AvgIpc) is 1.92. The highest BCUT2D eigenvalue weighted by molar-refractivity contribution is 5.88. The summed E-state index contributed by atoms with van der Waals surface area (Å²) in [4.78, 5) is 13.5. The van der Waals surface area contributed by atoms with Crippen LogP contribution in [0.25, 0.3) is 0 Å². The van der Waals surface area contributed by atoms with Gasteiger partial charge in [0, 0.05) is 26.2 Å². The van der Waals surface area contributed by atoms with Crippen LogP contribution in [0, 0.1) is 0 Å². The van der Waals surface area contributed by atoms with Crippen molar-refractivity contribution in [3.05, 3.63) is 11.6 Å². The van der Waals surface area contributed by atoms with E-state index < -0.39 is 0 Å². The van der Waals surface area contributed by atoms with E-state index in [1.807, 2.05) is 18.0 Å². The number of likely N-dealkylation sites (N-methyl/N-ethyl adjacent to an activating group) is 1. The largest absolute Gasteiger partial charge is 0.337 e. The fourth-order valence-electron chi connectivity index (χ4n) is 1.53. The van der Waals surface area contributed by atoms with Gasteiger partial charge in [0.05, 0.1) is 6.04 Å². The summed E-state index contributed by atoms with van der Waals surface area (Å²) in [7, 11) is 1.89. The molecule has 0 aromatic carbocycles. The van der Waals surface area contributed by atoms with Gasteiger partial charge in [-0.05, 0) is 19.3 Å². The molecule has 0 radical (unpaired) electrons. The monoisotopic (exact) mass is 216 g/mol. The number of carbonyl (C=O) groups is 1. The molecule has 2 aliphatic rings. The Kier molecular flexibility index (Phi) is 3.96. The van der Waals surface area contributed by atoms with E-state index in [0.717, 1.165) is 25.9 Å². The maximum absolute atomic E-state index is 11.6. The highest BCUT2D eigenvalue weighted by Crippen LogP contribution is 2.25. The molecule has 2 fully saturated rings. The summed E-state index contributed by atoms with van der Waals surface area (Å²) >= 11 is 0. The Morgan fingerprint density at radius 2 is 2.14 bits per heavy atom. The van der Waals surface area contributed by atoms with Crippen LogP contribution in [0.15, 0.2) is 11.6 Å². The zero-order valence-corrected chi connectivity index (χ0v) is 9.27. The Morgan fingerprint density at radius 3 is 2.50 bits per heavy atom. The third-order valence-electron chi connectivity index (χ3n) is 2.98. The van der Waals surface area contributed by atoms with Crippen LogP contribution < -0.4 is 5.32 Å². The Bertz CT molecular complexity index is 243. The normalized spacial score (nSPS) is 20.2. The number of nitrogens with zero attached hydrogens (tertiary/aromatic N) is 1. The van der Waals surface area contributed by atoms with Gasteiger partial charge in [0.25, 0.3) is 0 Å². The van der Waals surface area contributed by atoms with E-state index in [4.69, 9.17) is 0 Å². The fourth-order valence-corrected chi connectivity index (χ4v) is 1.53. The molecule has 3 nitrogen and oxygen atoms in total. The second-order valence-electron chi connectivity index (χ2n) is 3.92. The molecule has 0 spiro atoms. The van der Waals surface area contributed by atoms with Gasteiger partial charge < -0.3 is 10.2 Å². The zero-order chi connectivity index (χ0) is 9.26. The molecule has 1 amide bonds. The Morgan fingerprint density at radius 1 is 1.50 bits per heavy atom. The second-order valence-corrected chi connectivity index (χ2v) is 3.92. The lowest BCUT2D eigenvalue weighted by Crippen LogP contribution is -2.57. The van der Waals surface area contributed by atoms with Crippen LogP contribution in [-0.2, 0) is 4.79 Å². The summed E-state index contributed by atoms with van der Waals surface area (Å²) in [5.41, 5.74) is 1.32. The highest BCUT2D eigenvalue weighted by Gasteiger charge is 2.24. The summed E-state index contributed by atoms with van der Waals surface area (Å²) in [6.45, 7) is 1.90. The molecule has 1 N–H and O–H groups in total. The lowest BCUT2D eigenvalue weighted by Gasteiger charge is -2.35. The van der Waals surface area contributed by atoms with Gasteiger partial charge in [0.1, 0.15) is 0 Å². The van der Waals surface area contributed by atoms with E-state index in [9.17, 15) is 4.79 Å². The summed E-state index contributed by atoms with van der Waals surface area (Å²) in [6, 6.07) is 0.421. The number of carbonyl (C=O) groups excluding carboxylic acids is 1. The number of halogens is 1. The molecule has 80 valence electrons. The van der Waals surface area contributed by atoms with Gasteiger partial charge in [0.15, 0.2) is 0 Å². The Hall–Kier alpha value is -0.540. The van der Waals surface area contributed by atoms with Gasteiger partial charge in [-0.2, -0.15) is 0 Å². The van der Waals surface area contributed by atoms with Crippen LogP contribution in [0.1, 0.15) is 19.3 Å². The van der Waals surface area contributed by atoms with Gasteiger partial charge >= 0.3 is 0 Å². The van der Waals surface area contributed by atoms with Crippen LogP contribution in [0.2, 0.25) is 0 Å². The first-order valence-electron chi connectivity index (χ1n) is 4.94. The second kappa shape index (κ2) is 4.80. The Labute approximate surface area is 90.9 Å². The molecule has 0 aromatic heterocycles. The smallest absolute Gasteiger partial charge is 0.246 e. The van der Waals surface area contributed by atoms with Gasteiger partial charge in [-0.1, -0.05) is 5.57 Å². The molecular weight excluding hydrogens is 200 g/mol. The number of nitrogens with one attached hydrogen (secondary N) is 1. The highest BCUT2D eigenvalue weighted by atomic mass is 35.5. The molecule has 2 rings (SSSR count). The standard InChI is InChI=1S/C10H16N2O.ClH/c1-12(9-6-11-7-9)10(13)5-8-3-2-4-8;/h5,9,11H,2-4,6-7H2,1H3;1H. The molecule has 0 atom stereocenters. The minimum absolute atomic E-state index is 0. The quantitative estimate of drug-likeness (QED) is 0.698.